The van der Waals surface area contributed by atoms with Crippen LogP contribution in [0.4, 0.5) is 0 Å². The van der Waals surface area contributed by atoms with E-state index in [2.05, 4.69) is 11.7 Å². The predicted octanol–water partition coefficient (Wildman–Crippen LogP) is 3.87. The van der Waals surface area contributed by atoms with Gasteiger partial charge in [0, 0.05) is 13.5 Å². The average Bonchev–Trinajstić information content (AvgIpc) is 2.68. The largest absolute Gasteiger partial charge is 0.469 e. The van der Waals surface area contributed by atoms with E-state index in [9.17, 15) is 15.0 Å². The van der Waals surface area contributed by atoms with Crippen LogP contribution in [0.5, 0.6) is 0 Å². The highest BCUT2D eigenvalue weighted by atomic mass is 16.5. The van der Waals surface area contributed by atoms with Crippen molar-refractivity contribution in [3.63, 3.8) is 0 Å². The van der Waals surface area contributed by atoms with Gasteiger partial charge >= 0.3 is 5.97 Å². The minimum Gasteiger partial charge on any atom is -0.469 e. The van der Waals surface area contributed by atoms with Crippen molar-refractivity contribution < 1.29 is 24.5 Å². The number of aliphatic hydroxyl groups is 2. The molecule has 5 heteroatoms. The summed E-state index contributed by atoms with van der Waals surface area (Å²) in [6, 6.07) is 0. The zero-order chi connectivity index (χ0) is 20.3. The minimum absolute atomic E-state index is 0.0347. The Morgan fingerprint density at radius 1 is 0.889 bits per heavy atom. The summed E-state index contributed by atoms with van der Waals surface area (Å²) in [7, 11) is 3.03. The van der Waals surface area contributed by atoms with Crippen molar-refractivity contribution in [3.05, 3.63) is 48.6 Å². The summed E-state index contributed by atoms with van der Waals surface area (Å²) in [4.78, 5) is 11.1. The summed E-state index contributed by atoms with van der Waals surface area (Å²) < 4.78 is 9.95. The van der Waals surface area contributed by atoms with Gasteiger partial charge in [-0.05, 0) is 19.3 Å². The number of rotatable bonds is 15. The Morgan fingerprint density at radius 2 is 1.52 bits per heavy atom. The fourth-order valence-electron chi connectivity index (χ4n) is 2.37. The second-order valence-electron chi connectivity index (χ2n) is 6.34. The van der Waals surface area contributed by atoms with Crippen molar-refractivity contribution in [2.45, 2.75) is 70.2 Å². The highest BCUT2D eigenvalue weighted by molar-refractivity contribution is 5.68. The molecule has 0 aromatic heterocycles. The molecule has 0 aliphatic carbocycles. The van der Waals surface area contributed by atoms with Gasteiger partial charge in [0.25, 0.3) is 0 Å². The fraction of sp³-hybridized carbons (Fsp3) is 0.591. The smallest absolute Gasteiger partial charge is 0.305 e. The number of carbonyl (C=O) groups excluding carboxylic acids is 1. The number of carbonyl (C=O) groups is 1. The third-order valence-corrected chi connectivity index (χ3v) is 4.09. The van der Waals surface area contributed by atoms with Gasteiger partial charge in [0.15, 0.2) is 0 Å². The fourth-order valence-corrected chi connectivity index (χ4v) is 2.37. The number of unbranched alkanes of at least 4 members (excludes halogenated alkanes) is 2. The van der Waals surface area contributed by atoms with Crippen LogP contribution in [0.3, 0.4) is 0 Å². The molecule has 154 valence electrons. The molecule has 0 aromatic rings. The summed E-state index contributed by atoms with van der Waals surface area (Å²) in [5.41, 5.74) is 0. The number of allylic oxidation sites excluding steroid dienone is 6. The maximum Gasteiger partial charge on any atom is 0.305 e. The predicted molar refractivity (Wildman–Crippen MR) is 109 cm³/mol. The van der Waals surface area contributed by atoms with Crippen LogP contribution in [-0.4, -0.2) is 48.7 Å². The van der Waals surface area contributed by atoms with Gasteiger partial charge in [-0.2, -0.15) is 0 Å². The van der Waals surface area contributed by atoms with E-state index in [4.69, 9.17) is 4.74 Å². The zero-order valence-electron chi connectivity index (χ0n) is 16.9. The highest BCUT2D eigenvalue weighted by Gasteiger charge is 2.11. The number of hydrogen-bond donors (Lipinski definition) is 2. The Hall–Kier alpha value is -1.69. The van der Waals surface area contributed by atoms with Gasteiger partial charge in [-0.3, -0.25) is 4.79 Å². The molecule has 0 aliphatic heterocycles. The molecule has 0 amide bonds. The number of hydrogen-bond acceptors (Lipinski definition) is 5. The van der Waals surface area contributed by atoms with Crippen LogP contribution in [0, 0.1) is 0 Å². The monoisotopic (exact) mass is 380 g/mol. The van der Waals surface area contributed by atoms with Crippen LogP contribution >= 0.6 is 0 Å². The number of esters is 1. The lowest BCUT2D eigenvalue weighted by Gasteiger charge is -2.13. The van der Waals surface area contributed by atoms with Crippen LogP contribution in [0.2, 0.25) is 0 Å². The molecule has 3 atom stereocenters. The lowest BCUT2D eigenvalue weighted by molar-refractivity contribution is -0.140. The van der Waals surface area contributed by atoms with E-state index in [0.29, 0.717) is 12.8 Å². The van der Waals surface area contributed by atoms with Crippen molar-refractivity contribution in [1.29, 1.82) is 0 Å². The molecule has 0 radical (unpaired) electrons. The lowest BCUT2D eigenvalue weighted by Crippen LogP contribution is -2.23. The normalized spacial score (nSPS) is 15.9. The third kappa shape index (κ3) is 15.1. The maximum absolute atomic E-state index is 11.1. The summed E-state index contributed by atoms with van der Waals surface area (Å²) in [6.07, 6.45) is 18.6. The van der Waals surface area contributed by atoms with E-state index >= 15 is 0 Å². The Kier molecular flexibility index (Phi) is 16.6. The summed E-state index contributed by atoms with van der Waals surface area (Å²) in [6.45, 7) is 2.11. The van der Waals surface area contributed by atoms with Crippen LogP contribution in [0.15, 0.2) is 48.6 Å². The molecule has 0 spiro atoms. The van der Waals surface area contributed by atoms with Crippen molar-refractivity contribution >= 4 is 5.97 Å². The maximum atomic E-state index is 11.1. The molecular formula is C22H36O5. The molecule has 0 heterocycles. The molecular weight excluding hydrogens is 344 g/mol. The topological polar surface area (TPSA) is 76.0 Å². The lowest BCUT2D eigenvalue weighted by atomic mass is 10.1. The van der Waals surface area contributed by atoms with Gasteiger partial charge < -0.3 is 19.7 Å². The quantitative estimate of drug-likeness (QED) is 0.256. The zero-order valence-corrected chi connectivity index (χ0v) is 16.9. The number of aliphatic hydroxyl groups excluding tert-OH is 2. The molecule has 27 heavy (non-hydrogen) atoms. The van der Waals surface area contributed by atoms with Crippen LogP contribution < -0.4 is 0 Å². The first-order valence-electron chi connectivity index (χ1n) is 9.69. The van der Waals surface area contributed by atoms with Crippen molar-refractivity contribution in [1.82, 2.24) is 0 Å². The third-order valence-electron chi connectivity index (χ3n) is 4.09. The molecule has 0 aliphatic rings. The van der Waals surface area contributed by atoms with Crippen LogP contribution in [0.25, 0.3) is 0 Å². The highest BCUT2D eigenvalue weighted by Crippen LogP contribution is 2.08. The van der Waals surface area contributed by atoms with Gasteiger partial charge in [-0.25, -0.2) is 0 Å². The second kappa shape index (κ2) is 17.7. The van der Waals surface area contributed by atoms with Gasteiger partial charge in [-0.1, -0.05) is 74.8 Å². The van der Waals surface area contributed by atoms with Gasteiger partial charge in [0.05, 0.1) is 25.4 Å². The first kappa shape index (κ1) is 25.3. The van der Waals surface area contributed by atoms with E-state index in [1.165, 1.54) is 7.11 Å². The summed E-state index contributed by atoms with van der Waals surface area (Å²) >= 11 is 0. The standard InChI is InChI=1S/C22H36O5/c1-4-5-10-16-20(23)21(24)17-12-9-7-6-8-11-14-19(26-2)15-13-18-22(25)27-3/h6-9,11-12,14,17,19-21,23-24H,4-5,10,13,15-16,18H2,1-3H3/b8-6-,9-7+,14-11+,17-12+/t19-,20-,21-/m1/s1. The molecule has 0 unspecified atom stereocenters. The molecule has 0 fully saturated rings. The van der Waals surface area contributed by atoms with Gasteiger partial charge in [0.2, 0.25) is 0 Å². The second-order valence-corrected chi connectivity index (χ2v) is 6.34. The Labute approximate surface area is 164 Å². The van der Waals surface area contributed by atoms with Crippen LogP contribution in [0.1, 0.15) is 51.9 Å². The van der Waals surface area contributed by atoms with Gasteiger partial charge in [0.1, 0.15) is 0 Å². The number of ether oxygens (including phenoxy) is 2. The van der Waals surface area contributed by atoms with Gasteiger partial charge in [-0.15, -0.1) is 0 Å². The minimum atomic E-state index is -0.831. The number of methoxy groups -OCH3 is 2. The van der Waals surface area contributed by atoms with E-state index in [0.717, 1.165) is 32.1 Å². The first-order chi connectivity index (χ1) is 13.0. The molecule has 2 N–H and O–H groups in total. The first-order valence-corrected chi connectivity index (χ1v) is 9.69. The Bertz CT molecular complexity index is 479. The van der Waals surface area contributed by atoms with E-state index in [-0.39, 0.29) is 12.1 Å². The van der Waals surface area contributed by atoms with Crippen molar-refractivity contribution in [2.24, 2.45) is 0 Å². The molecule has 5 nitrogen and oxygen atoms in total. The van der Waals surface area contributed by atoms with Crippen LogP contribution in [-0.2, 0) is 14.3 Å². The molecule has 0 saturated carbocycles. The molecule has 0 rings (SSSR count). The molecule has 0 bridgehead atoms. The van der Waals surface area contributed by atoms with E-state index < -0.39 is 12.2 Å². The average molecular weight is 381 g/mol. The SMILES string of the molecule is CCCCC[C@@H](O)[C@H](O)/C=C/C=C/C=C\C=C\[C@H](CCCC(=O)OC)OC. The molecule has 0 aromatic carbocycles. The Morgan fingerprint density at radius 3 is 2.11 bits per heavy atom. The van der Waals surface area contributed by atoms with E-state index in [1.54, 1.807) is 25.3 Å². The van der Waals surface area contributed by atoms with Crippen molar-refractivity contribution in [3.8, 4) is 0 Å². The van der Waals surface area contributed by atoms with Crippen molar-refractivity contribution in [2.75, 3.05) is 14.2 Å². The summed E-state index contributed by atoms with van der Waals surface area (Å²) in [5, 5.41) is 19.6. The molecule has 0 saturated heterocycles. The van der Waals surface area contributed by atoms with E-state index in [1.807, 2.05) is 30.4 Å². The Balaban J connectivity index is 4.09. The summed E-state index contributed by atoms with van der Waals surface area (Å²) in [5.74, 6) is -0.203.